The summed E-state index contributed by atoms with van der Waals surface area (Å²) in [7, 11) is 0. The van der Waals surface area contributed by atoms with Crippen molar-refractivity contribution < 1.29 is 19.1 Å². The summed E-state index contributed by atoms with van der Waals surface area (Å²) < 4.78 is 13.8. The van der Waals surface area contributed by atoms with Crippen molar-refractivity contribution in [3.8, 4) is 0 Å². The third kappa shape index (κ3) is 1.57. The Labute approximate surface area is 97.8 Å². The van der Waals surface area contributed by atoms with Crippen molar-refractivity contribution >= 4 is 33.4 Å². The van der Waals surface area contributed by atoms with Gasteiger partial charge in [0.2, 0.25) is 5.78 Å². The van der Waals surface area contributed by atoms with E-state index in [2.05, 4.69) is 26.2 Å². The highest BCUT2D eigenvalue weighted by Gasteiger charge is 2.36. The topological polar surface area (TPSA) is 79.3 Å². The third-order valence-electron chi connectivity index (χ3n) is 2.38. The zero-order chi connectivity index (χ0) is 11.9. The lowest BCUT2D eigenvalue weighted by Gasteiger charge is -2.06. The van der Waals surface area contributed by atoms with E-state index in [9.17, 15) is 14.0 Å². The number of ketones is 1. The molecule has 0 radical (unpaired) electrons. The molecule has 5 nitrogen and oxygen atoms in total. The fourth-order valence-corrected chi connectivity index (χ4v) is 2.12. The van der Waals surface area contributed by atoms with Gasteiger partial charge in [-0.2, -0.15) is 0 Å². The molecule has 1 aliphatic heterocycles. The van der Waals surface area contributed by atoms with Crippen LogP contribution in [0.5, 0.6) is 0 Å². The maximum absolute atomic E-state index is 13.5. The molecule has 2 N–H and O–H groups in total. The molecule has 1 aliphatic rings. The van der Waals surface area contributed by atoms with Crippen molar-refractivity contribution in [2.45, 2.75) is 5.92 Å². The number of carbonyl (C=O) groups excluding carboxylic acids is 1. The van der Waals surface area contributed by atoms with Gasteiger partial charge in [-0.1, -0.05) is 0 Å². The molecule has 84 valence electrons. The Morgan fingerprint density at radius 3 is 2.94 bits per heavy atom. The van der Waals surface area contributed by atoms with Gasteiger partial charge in [0.1, 0.15) is 10.4 Å². The van der Waals surface area contributed by atoms with E-state index >= 15 is 0 Å². The van der Waals surface area contributed by atoms with Crippen molar-refractivity contribution in [2.75, 3.05) is 11.9 Å². The molecule has 7 heteroatoms. The fraction of sp³-hybridized carbons (Fsp3) is 0.222. The summed E-state index contributed by atoms with van der Waals surface area (Å²) >= 11 is 3.10. The molecule has 1 unspecified atom stereocenters. The quantitative estimate of drug-likeness (QED) is 0.630. The highest BCUT2D eigenvalue weighted by molar-refractivity contribution is 9.10. The Kier molecular flexibility index (Phi) is 2.63. The first-order valence-corrected chi connectivity index (χ1v) is 5.16. The summed E-state index contributed by atoms with van der Waals surface area (Å²) in [4.78, 5) is 25.6. The van der Waals surface area contributed by atoms with E-state index in [0.717, 1.165) is 6.20 Å². The number of carbonyl (C=O) groups is 2. The summed E-state index contributed by atoms with van der Waals surface area (Å²) in [6.45, 7) is 0.0711. The molecule has 0 spiro atoms. The first kappa shape index (κ1) is 11.0. The number of hydrogen-bond acceptors (Lipinski definition) is 4. The molecule has 0 saturated heterocycles. The van der Waals surface area contributed by atoms with E-state index in [1.165, 1.54) is 0 Å². The number of aliphatic carboxylic acids is 1. The molecular formula is C9H6BrFN2O3. The number of carboxylic acid groups (broad SMARTS) is 1. The van der Waals surface area contributed by atoms with Gasteiger partial charge in [0, 0.05) is 12.1 Å². The zero-order valence-electron chi connectivity index (χ0n) is 7.83. The Morgan fingerprint density at radius 1 is 1.62 bits per heavy atom. The number of anilines is 1. The van der Waals surface area contributed by atoms with Crippen LogP contribution in [0, 0.1) is 5.82 Å². The average molecular weight is 289 g/mol. The van der Waals surface area contributed by atoms with Crippen LogP contribution in [-0.2, 0) is 9.59 Å². The van der Waals surface area contributed by atoms with Crippen LogP contribution in [0.15, 0.2) is 10.8 Å². The van der Waals surface area contributed by atoms with E-state index in [-0.39, 0.29) is 12.1 Å². The normalized spacial score (nSPS) is 17.8. The molecule has 1 aromatic heterocycles. The van der Waals surface area contributed by atoms with Crippen LogP contribution >= 0.6 is 15.9 Å². The second kappa shape index (κ2) is 3.82. The first-order chi connectivity index (χ1) is 7.52. The van der Waals surface area contributed by atoms with E-state index in [1.54, 1.807) is 0 Å². The Balaban J connectivity index is 2.51. The van der Waals surface area contributed by atoms with Gasteiger partial charge in [0.25, 0.3) is 0 Å². The van der Waals surface area contributed by atoms with Crippen LogP contribution in [0.4, 0.5) is 10.1 Å². The van der Waals surface area contributed by atoms with Crippen molar-refractivity contribution in [1.29, 1.82) is 0 Å². The first-order valence-electron chi connectivity index (χ1n) is 4.37. The maximum atomic E-state index is 13.5. The number of aromatic nitrogens is 1. The monoisotopic (exact) mass is 288 g/mol. The third-order valence-corrected chi connectivity index (χ3v) is 2.98. The zero-order valence-corrected chi connectivity index (χ0v) is 9.41. The van der Waals surface area contributed by atoms with E-state index in [1.807, 2.05) is 0 Å². The summed E-state index contributed by atoms with van der Waals surface area (Å²) in [5.74, 6) is -4.26. The number of nitrogens with one attached hydrogen (secondary N) is 1. The Morgan fingerprint density at radius 2 is 2.31 bits per heavy atom. The second-order valence-electron chi connectivity index (χ2n) is 3.29. The van der Waals surface area contributed by atoms with Gasteiger partial charge in [-0.25, -0.2) is 14.2 Å². The standard InChI is InChI=1S/C9H6BrFN2O3/c10-8-6-5(4(11)2-13-8)3(1-12-6)7(14)9(15)16/h2-3,12H,1H2,(H,15,16). The molecule has 2 rings (SSSR count). The fourth-order valence-electron chi connectivity index (χ4n) is 1.67. The lowest BCUT2D eigenvalue weighted by Crippen LogP contribution is -2.23. The molecule has 0 aromatic carbocycles. The lowest BCUT2D eigenvalue weighted by atomic mass is 9.97. The number of fused-ring (bicyclic) bond motifs is 1. The maximum Gasteiger partial charge on any atom is 0.372 e. The molecule has 1 aromatic rings. The Hall–Kier alpha value is -1.50. The summed E-state index contributed by atoms with van der Waals surface area (Å²) in [6, 6.07) is 0. The molecule has 16 heavy (non-hydrogen) atoms. The van der Waals surface area contributed by atoms with Crippen molar-refractivity contribution in [2.24, 2.45) is 0 Å². The van der Waals surface area contributed by atoms with Crippen molar-refractivity contribution in [3.05, 3.63) is 22.2 Å². The average Bonchev–Trinajstić information content (AvgIpc) is 2.67. The van der Waals surface area contributed by atoms with E-state index in [0.29, 0.717) is 10.3 Å². The highest BCUT2D eigenvalue weighted by Crippen LogP contribution is 2.37. The molecule has 0 bridgehead atoms. The van der Waals surface area contributed by atoms with Gasteiger partial charge in [-0.15, -0.1) is 0 Å². The molecule has 0 saturated carbocycles. The minimum absolute atomic E-state index is 0.0641. The van der Waals surface area contributed by atoms with Gasteiger partial charge in [0.15, 0.2) is 0 Å². The highest BCUT2D eigenvalue weighted by atomic mass is 79.9. The summed E-state index contributed by atoms with van der Waals surface area (Å²) in [5.41, 5.74) is 0.411. The second-order valence-corrected chi connectivity index (χ2v) is 4.04. The number of hydrogen-bond donors (Lipinski definition) is 2. The molecule has 0 amide bonds. The van der Waals surface area contributed by atoms with Crippen molar-refractivity contribution in [1.82, 2.24) is 4.98 Å². The predicted octanol–water partition coefficient (Wildman–Crippen LogP) is 1.15. The number of carboxylic acids is 1. The predicted molar refractivity (Wildman–Crippen MR) is 55.8 cm³/mol. The SMILES string of the molecule is O=C(O)C(=O)C1CNc2c(Br)ncc(F)c21. The van der Waals surface area contributed by atoms with Crippen molar-refractivity contribution in [3.63, 3.8) is 0 Å². The summed E-state index contributed by atoms with van der Waals surface area (Å²) in [5, 5.41) is 11.4. The molecule has 0 fully saturated rings. The largest absolute Gasteiger partial charge is 0.475 e. The lowest BCUT2D eigenvalue weighted by molar-refractivity contribution is -0.149. The smallest absolute Gasteiger partial charge is 0.372 e. The number of pyridine rings is 1. The van der Waals surface area contributed by atoms with Gasteiger partial charge >= 0.3 is 5.97 Å². The molecule has 1 atom stereocenters. The molecule has 2 heterocycles. The van der Waals surface area contributed by atoms with Crippen LogP contribution in [0.3, 0.4) is 0 Å². The molecule has 0 aliphatic carbocycles. The minimum atomic E-state index is -1.56. The van der Waals surface area contributed by atoms with Crippen LogP contribution in [-0.4, -0.2) is 28.4 Å². The number of rotatable bonds is 2. The van der Waals surface area contributed by atoms with Gasteiger partial charge < -0.3 is 10.4 Å². The van der Waals surface area contributed by atoms with Crippen LogP contribution in [0.25, 0.3) is 0 Å². The Bertz CT molecular complexity index is 492. The molecular weight excluding hydrogens is 283 g/mol. The number of nitrogens with zero attached hydrogens (tertiary/aromatic N) is 1. The summed E-state index contributed by atoms with van der Waals surface area (Å²) in [6.07, 6.45) is 0.956. The van der Waals surface area contributed by atoms with Crippen LogP contribution < -0.4 is 5.32 Å². The van der Waals surface area contributed by atoms with Crippen LogP contribution in [0.2, 0.25) is 0 Å². The van der Waals surface area contributed by atoms with E-state index in [4.69, 9.17) is 5.11 Å². The number of halogens is 2. The van der Waals surface area contributed by atoms with Gasteiger partial charge in [-0.3, -0.25) is 4.79 Å². The minimum Gasteiger partial charge on any atom is -0.475 e. The van der Waals surface area contributed by atoms with E-state index < -0.39 is 23.5 Å². The van der Waals surface area contributed by atoms with Crippen LogP contribution in [0.1, 0.15) is 11.5 Å². The van der Waals surface area contributed by atoms with Gasteiger partial charge in [-0.05, 0) is 15.9 Å². The number of Topliss-reactive ketones (excluding diaryl/α,β-unsaturated/α-hetero) is 1. The van der Waals surface area contributed by atoms with Gasteiger partial charge in [0.05, 0.1) is 17.8 Å².